The molecule has 4 nitrogen and oxygen atoms in total. The van der Waals surface area contributed by atoms with Gasteiger partial charge in [0.25, 0.3) is 5.91 Å². The van der Waals surface area contributed by atoms with E-state index in [1.807, 2.05) is 0 Å². The van der Waals surface area contributed by atoms with E-state index in [2.05, 4.69) is 12.2 Å². The molecule has 4 heteroatoms. The van der Waals surface area contributed by atoms with Gasteiger partial charge < -0.3 is 14.8 Å². The second-order valence-corrected chi connectivity index (χ2v) is 5.07. The zero-order valence-electron chi connectivity index (χ0n) is 10.1. The predicted octanol–water partition coefficient (Wildman–Crippen LogP) is 1.95. The summed E-state index contributed by atoms with van der Waals surface area (Å²) in [5, 5.41) is 12.5. The number of hydrogen-bond acceptors (Lipinski definition) is 3. The van der Waals surface area contributed by atoms with Crippen molar-refractivity contribution in [2.75, 3.05) is 6.61 Å². The Labute approximate surface area is 101 Å². The Hall–Kier alpha value is -1.29. The minimum atomic E-state index is -0.471. The molecule has 2 rings (SSSR count). The highest BCUT2D eigenvalue weighted by molar-refractivity contribution is 5.91. The van der Waals surface area contributed by atoms with Crippen molar-refractivity contribution in [3.8, 4) is 0 Å². The van der Waals surface area contributed by atoms with Crippen LogP contribution in [0.25, 0.3) is 0 Å². The van der Waals surface area contributed by atoms with Crippen LogP contribution in [0.5, 0.6) is 0 Å². The molecule has 1 saturated carbocycles. The van der Waals surface area contributed by atoms with Gasteiger partial charge in [-0.3, -0.25) is 4.79 Å². The van der Waals surface area contributed by atoms with Gasteiger partial charge in [0.2, 0.25) is 0 Å². The van der Waals surface area contributed by atoms with Crippen molar-refractivity contribution < 1.29 is 14.3 Å². The summed E-state index contributed by atoms with van der Waals surface area (Å²) in [6, 6.07) is 3.32. The van der Waals surface area contributed by atoms with Gasteiger partial charge in [0, 0.05) is 0 Å². The second-order valence-electron chi connectivity index (χ2n) is 5.07. The summed E-state index contributed by atoms with van der Waals surface area (Å²) < 4.78 is 5.06. The number of aliphatic hydroxyl groups is 1. The van der Waals surface area contributed by atoms with Gasteiger partial charge >= 0.3 is 0 Å². The normalized spacial score (nSPS) is 28.9. The van der Waals surface area contributed by atoms with E-state index in [0.29, 0.717) is 11.7 Å². The van der Waals surface area contributed by atoms with Crippen molar-refractivity contribution in [1.82, 2.24) is 5.32 Å². The van der Waals surface area contributed by atoms with E-state index in [1.165, 1.54) is 12.7 Å². The fourth-order valence-electron chi connectivity index (χ4n) is 2.67. The summed E-state index contributed by atoms with van der Waals surface area (Å²) in [7, 11) is 0. The summed E-state index contributed by atoms with van der Waals surface area (Å²) in [6.07, 6.45) is 5.35. The average Bonchev–Trinajstić information content (AvgIpc) is 2.82. The van der Waals surface area contributed by atoms with Crippen LogP contribution in [-0.4, -0.2) is 23.2 Å². The molecule has 1 aliphatic carbocycles. The third kappa shape index (κ3) is 2.69. The van der Waals surface area contributed by atoms with Crippen molar-refractivity contribution in [2.24, 2.45) is 5.92 Å². The van der Waals surface area contributed by atoms with Crippen molar-refractivity contribution in [3.05, 3.63) is 24.2 Å². The van der Waals surface area contributed by atoms with Crippen LogP contribution in [-0.2, 0) is 0 Å². The lowest BCUT2D eigenvalue weighted by molar-refractivity contribution is 0.0674. The number of rotatable bonds is 3. The largest absolute Gasteiger partial charge is 0.459 e. The minimum absolute atomic E-state index is 0.0101. The van der Waals surface area contributed by atoms with Crippen molar-refractivity contribution in [3.63, 3.8) is 0 Å². The first-order valence-corrected chi connectivity index (χ1v) is 6.12. The Morgan fingerprint density at radius 1 is 1.71 bits per heavy atom. The third-order valence-electron chi connectivity index (χ3n) is 3.52. The van der Waals surface area contributed by atoms with E-state index >= 15 is 0 Å². The molecule has 0 aliphatic heterocycles. The van der Waals surface area contributed by atoms with Crippen LogP contribution in [0.2, 0.25) is 0 Å². The Morgan fingerprint density at radius 3 is 3.12 bits per heavy atom. The van der Waals surface area contributed by atoms with Gasteiger partial charge in [-0.25, -0.2) is 0 Å². The average molecular weight is 237 g/mol. The summed E-state index contributed by atoms with van der Waals surface area (Å²) >= 11 is 0. The van der Waals surface area contributed by atoms with Gasteiger partial charge in [-0.2, -0.15) is 0 Å². The molecule has 1 amide bonds. The van der Waals surface area contributed by atoms with Gasteiger partial charge in [-0.1, -0.05) is 19.8 Å². The van der Waals surface area contributed by atoms with Crippen LogP contribution in [0, 0.1) is 5.92 Å². The molecule has 2 N–H and O–H groups in total. The fourth-order valence-corrected chi connectivity index (χ4v) is 2.67. The molecule has 1 aliphatic rings. The maximum absolute atomic E-state index is 11.9. The van der Waals surface area contributed by atoms with E-state index in [-0.39, 0.29) is 12.5 Å². The molecular formula is C13H19NO3. The quantitative estimate of drug-likeness (QED) is 0.844. The van der Waals surface area contributed by atoms with Crippen LogP contribution >= 0.6 is 0 Å². The SMILES string of the molecule is CC1CCCC(CO)(NC(=O)c2ccco2)C1. The molecule has 94 valence electrons. The van der Waals surface area contributed by atoms with Gasteiger partial charge in [0.1, 0.15) is 0 Å². The van der Waals surface area contributed by atoms with Crippen LogP contribution in [0.15, 0.2) is 22.8 Å². The Balaban J connectivity index is 2.06. The topological polar surface area (TPSA) is 62.5 Å². The number of hydrogen-bond donors (Lipinski definition) is 2. The standard InChI is InChI=1S/C13H19NO3/c1-10-4-2-6-13(8-10,9-15)14-12(16)11-5-3-7-17-11/h3,5,7,10,15H,2,4,6,8-9H2,1H3,(H,14,16). The molecule has 0 aromatic carbocycles. The molecular weight excluding hydrogens is 218 g/mol. The maximum atomic E-state index is 11.9. The summed E-state index contributed by atoms with van der Waals surface area (Å²) in [4.78, 5) is 11.9. The monoisotopic (exact) mass is 237 g/mol. The highest BCUT2D eigenvalue weighted by atomic mass is 16.3. The smallest absolute Gasteiger partial charge is 0.287 e. The lowest BCUT2D eigenvalue weighted by Crippen LogP contribution is -2.53. The first-order chi connectivity index (χ1) is 8.15. The van der Waals surface area contributed by atoms with Crippen LogP contribution in [0.1, 0.15) is 43.2 Å². The predicted molar refractivity (Wildman–Crippen MR) is 63.6 cm³/mol. The number of furan rings is 1. The zero-order valence-corrected chi connectivity index (χ0v) is 10.1. The van der Waals surface area contributed by atoms with Gasteiger partial charge in [-0.05, 0) is 30.9 Å². The maximum Gasteiger partial charge on any atom is 0.287 e. The zero-order chi connectivity index (χ0) is 12.3. The number of carbonyl (C=O) groups is 1. The number of amides is 1. The fraction of sp³-hybridized carbons (Fsp3) is 0.615. The molecule has 1 heterocycles. The van der Waals surface area contributed by atoms with E-state index in [4.69, 9.17) is 4.42 Å². The molecule has 1 aromatic rings. The first kappa shape index (κ1) is 12.2. The van der Waals surface area contributed by atoms with E-state index in [1.54, 1.807) is 12.1 Å². The molecule has 0 spiro atoms. The lowest BCUT2D eigenvalue weighted by atomic mass is 9.77. The van der Waals surface area contributed by atoms with Gasteiger partial charge in [-0.15, -0.1) is 0 Å². The number of aliphatic hydroxyl groups excluding tert-OH is 1. The van der Waals surface area contributed by atoms with Gasteiger partial charge in [0.15, 0.2) is 5.76 Å². The summed E-state index contributed by atoms with van der Waals surface area (Å²) in [5.41, 5.74) is -0.471. The first-order valence-electron chi connectivity index (χ1n) is 6.12. The molecule has 1 aromatic heterocycles. The highest BCUT2D eigenvalue weighted by Gasteiger charge is 2.36. The molecule has 0 radical (unpaired) electrons. The second kappa shape index (κ2) is 4.92. The van der Waals surface area contributed by atoms with Crippen molar-refractivity contribution >= 4 is 5.91 Å². The van der Waals surface area contributed by atoms with Crippen LogP contribution < -0.4 is 5.32 Å². The molecule has 0 saturated heterocycles. The molecule has 0 bridgehead atoms. The molecule has 2 atom stereocenters. The lowest BCUT2D eigenvalue weighted by Gasteiger charge is -2.39. The molecule has 17 heavy (non-hydrogen) atoms. The van der Waals surface area contributed by atoms with E-state index < -0.39 is 5.54 Å². The summed E-state index contributed by atoms with van der Waals surface area (Å²) in [5.74, 6) is 0.599. The number of nitrogens with one attached hydrogen (secondary N) is 1. The molecule has 1 fully saturated rings. The third-order valence-corrected chi connectivity index (χ3v) is 3.52. The summed E-state index contributed by atoms with van der Waals surface area (Å²) in [6.45, 7) is 2.15. The van der Waals surface area contributed by atoms with Crippen LogP contribution in [0.3, 0.4) is 0 Å². The number of carbonyl (C=O) groups excluding carboxylic acids is 1. The van der Waals surface area contributed by atoms with Crippen LogP contribution in [0.4, 0.5) is 0 Å². The Morgan fingerprint density at radius 2 is 2.53 bits per heavy atom. The van der Waals surface area contributed by atoms with E-state index in [0.717, 1.165) is 19.3 Å². The van der Waals surface area contributed by atoms with E-state index in [9.17, 15) is 9.90 Å². The highest BCUT2D eigenvalue weighted by Crippen LogP contribution is 2.32. The molecule has 2 unspecified atom stereocenters. The Bertz CT molecular complexity index is 374. The van der Waals surface area contributed by atoms with Gasteiger partial charge in [0.05, 0.1) is 18.4 Å². The van der Waals surface area contributed by atoms with Crippen molar-refractivity contribution in [1.29, 1.82) is 0 Å². The minimum Gasteiger partial charge on any atom is -0.459 e. The Kier molecular flexibility index (Phi) is 3.52. The van der Waals surface area contributed by atoms with Crippen molar-refractivity contribution in [2.45, 2.75) is 38.1 Å².